The minimum Gasteiger partial charge on any atom is -0.406 e. The molecule has 9 heteroatoms. The van der Waals surface area contributed by atoms with Gasteiger partial charge in [-0.1, -0.05) is 12.1 Å². The molecule has 0 aliphatic carbocycles. The zero-order valence-corrected chi connectivity index (χ0v) is 13.2. The Balaban J connectivity index is 2.19. The summed E-state index contributed by atoms with van der Waals surface area (Å²) in [6.45, 7) is 0. The van der Waals surface area contributed by atoms with Gasteiger partial charge in [-0.15, -0.1) is 13.2 Å². The maximum absolute atomic E-state index is 12.2. The molecule has 0 aliphatic rings. The van der Waals surface area contributed by atoms with Crippen LogP contribution in [-0.2, 0) is 10.0 Å². The van der Waals surface area contributed by atoms with Crippen molar-refractivity contribution >= 4 is 31.6 Å². The van der Waals surface area contributed by atoms with Gasteiger partial charge in [0.2, 0.25) is 0 Å². The fraction of sp³-hybridized carbons (Fsp3) is 0.0769. The van der Waals surface area contributed by atoms with E-state index in [-0.39, 0.29) is 10.6 Å². The molecule has 0 bridgehead atoms. The number of alkyl halides is 3. The molecule has 0 amide bonds. The molecule has 0 saturated carbocycles. The predicted molar refractivity (Wildman–Crippen MR) is 78.1 cm³/mol. The molecule has 0 unspecified atom stereocenters. The minimum absolute atomic E-state index is 0.0191. The third-order valence-electron chi connectivity index (χ3n) is 2.47. The van der Waals surface area contributed by atoms with E-state index >= 15 is 0 Å². The van der Waals surface area contributed by atoms with Gasteiger partial charge in [-0.05, 0) is 52.3 Å². The van der Waals surface area contributed by atoms with Crippen LogP contribution in [0.4, 0.5) is 18.9 Å². The van der Waals surface area contributed by atoms with E-state index < -0.39 is 22.1 Å². The van der Waals surface area contributed by atoms with Crippen LogP contribution in [0.3, 0.4) is 0 Å². The number of halogens is 4. The third-order valence-corrected chi connectivity index (χ3v) is 4.86. The van der Waals surface area contributed by atoms with Crippen LogP contribution in [0.5, 0.6) is 5.75 Å². The summed E-state index contributed by atoms with van der Waals surface area (Å²) in [6.07, 6.45) is -4.80. The van der Waals surface area contributed by atoms with Gasteiger partial charge in [0.05, 0.1) is 0 Å². The number of ether oxygens (including phenoxy) is 1. The summed E-state index contributed by atoms with van der Waals surface area (Å²) in [5.41, 5.74) is 0.116. The van der Waals surface area contributed by atoms with Gasteiger partial charge in [-0.2, -0.15) is 0 Å². The SMILES string of the molecule is O=S(=O)(Nc1ccc(OC(F)(F)F)cc1)c1ccccc1Br. The van der Waals surface area contributed by atoms with Gasteiger partial charge in [-0.25, -0.2) is 8.42 Å². The molecule has 2 rings (SSSR count). The second-order valence-electron chi connectivity index (χ2n) is 4.11. The highest BCUT2D eigenvalue weighted by atomic mass is 79.9. The van der Waals surface area contributed by atoms with Crippen LogP contribution in [0, 0.1) is 0 Å². The van der Waals surface area contributed by atoms with Gasteiger partial charge < -0.3 is 4.74 Å². The van der Waals surface area contributed by atoms with Gasteiger partial charge >= 0.3 is 6.36 Å². The van der Waals surface area contributed by atoms with E-state index in [2.05, 4.69) is 25.4 Å². The highest BCUT2D eigenvalue weighted by Crippen LogP contribution is 2.26. The molecule has 0 atom stereocenters. The van der Waals surface area contributed by atoms with Crippen molar-refractivity contribution < 1.29 is 26.3 Å². The molecule has 4 nitrogen and oxygen atoms in total. The van der Waals surface area contributed by atoms with Crippen LogP contribution in [0.15, 0.2) is 57.9 Å². The minimum atomic E-state index is -4.80. The maximum atomic E-state index is 12.2. The number of nitrogens with one attached hydrogen (secondary N) is 1. The van der Waals surface area contributed by atoms with Crippen LogP contribution in [0.25, 0.3) is 0 Å². The maximum Gasteiger partial charge on any atom is 0.573 e. The lowest BCUT2D eigenvalue weighted by Crippen LogP contribution is -2.17. The molecule has 0 aliphatic heterocycles. The normalized spacial score (nSPS) is 12.0. The van der Waals surface area contributed by atoms with Crippen LogP contribution >= 0.6 is 15.9 Å². The average Bonchev–Trinajstić information content (AvgIpc) is 2.39. The van der Waals surface area contributed by atoms with E-state index in [1.165, 1.54) is 18.2 Å². The first-order chi connectivity index (χ1) is 10.2. The molecule has 118 valence electrons. The fourth-order valence-corrected chi connectivity index (χ4v) is 3.66. The number of anilines is 1. The summed E-state index contributed by atoms with van der Waals surface area (Å²) < 4.78 is 66.8. The van der Waals surface area contributed by atoms with Gasteiger partial charge in [0, 0.05) is 10.2 Å². The summed E-state index contributed by atoms with van der Waals surface area (Å²) in [5.74, 6) is -0.434. The lowest BCUT2D eigenvalue weighted by molar-refractivity contribution is -0.274. The molecule has 0 aromatic heterocycles. The first kappa shape index (κ1) is 16.6. The van der Waals surface area contributed by atoms with E-state index in [4.69, 9.17) is 0 Å². The molecular formula is C13H9BrF3NO3S. The highest BCUT2D eigenvalue weighted by Gasteiger charge is 2.31. The Hall–Kier alpha value is -1.74. The topological polar surface area (TPSA) is 55.4 Å². The van der Waals surface area contributed by atoms with Crippen molar-refractivity contribution in [3.8, 4) is 5.75 Å². The molecule has 0 saturated heterocycles. The van der Waals surface area contributed by atoms with E-state index in [1.807, 2.05) is 0 Å². The van der Waals surface area contributed by atoms with Gasteiger partial charge in [0.15, 0.2) is 0 Å². The van der Waals surface area contributed by atoms with E-state index in [0.29, 0.717) is 4.47 Å². The van der Waals surface area contributed by atoms with Crippen LogP contribution in [0.2, 0.25) is 0 Å². The van der Waals surface area contributed by atoms with Gasteiger partial charge in [0.1, 0.15) is 10.6 Å². The smallest absolute Gasteiger partial charge is 0.406 e. The van der Waals surface area contributed by atoms with Crippen LogP contribution in [0.1, 0.15) is 0 Å². The van der Waals surface area contributed by atoms with Crippen molar-refractivity contribution in [3.05, 3.63) is 53.0 Å². The van der Waals surface area contributed by atoms with Crippen molar-refractivity contribution in [2.24, 2.45) is 0 Å². The molecule has 0 heterocycles. The Bertz CT molecular complexity index is 761. The molecule has 1 N–H and O–H groups in total. The largest absolute Gasteiger partial charge is 0.573 e. The van der Waals surface area contributed by atoms with Crippen molar-refractivity contribution in [1.82, 2.24) is 0 Å². The van der Waals surface area contributed by atoms with E-state index in [9.17, 15) is 21.6 Å². The van der Waals surface area contributed by atoms with Crippen molar-refractivity contribution in [1.29, 1.82) is 0 Å². The van der Waals surface area contributed by atoms with Crippen LogP contribution < -0.4 is 9.46 Å². The van der Waals surface area contributed by atoms with E-state index in [0.717, 1.165) is 12.1 Å². The van der Waals surface area contributed by atoms with Crippen molar-refractivity contribution in [2.45, 2.75) is 11.3 Å². The second kappa shape index (κ2) is 6.17. The summed E-state index contributed by atoms with van der Waals surface area (Å²) in [7, 11) is -3.85. The molecule has 2 aromatic carbocycles. The molecule has 0 spiro atoms. The number of hydrogen-bond acceptors (Lipinski definition) is 3. The third kappa shape index (κ3) is 4.38. The van der Waals surface area contributed by atoms with Gasteiger partial charge in [0.25, 0.3) is 10.0 Å². The summed E-state index contributed by atoms with van der Waals surface area (Å²) in [5, 5.41) is 0. The monoisotopic (exact) mass is 395 g/mol. The fourth-order valence-electron chi connectivity index (χ4n) is 1.60. The Morgan fingerprint density at radius 3 is 2.14 bits per heavy atom. The standard InChI is InChI=1S/C13H9BrF3NO3S/c14-11-3-1-2-4-12(11)22(19,20)18-9-5-7-10(8-6-9)21-13(15,16)17/h1-8,18H. The number of sulfonamides is 1. The van der Waals surface area contributed by atoms with Gasteiger partial charge in [-0.3, -0.25) is 4.72 Å². The predicted octanol–water partition coefficient (Wildman–Crippen LogP) is 4.15. The lowest BCUT2D eigenvalue weighted by atomic mass is 10.3. The molecule has 0 radical (unpaired) electrons. The average molecular weight is 396 g/mol. The summed E-state index contributed by atoms with van der Waals surface area (Å²) in [6, 6.07) is 10.6. The number of rotatable bonds is 4. The molecule has 22 heavy (non-hydrogen) atoms. The molecular weight excluding hydrogens is 387 g/mol. The summed E-state index contributed by atoms with van der Waals surface area (Å²) >= 11 is 3.13. The zero-order chi connectivity index (χ0) is 16.4. The van der Waals surface area contributed by atoms with Crippen molar-refractivity contribution in [3.63, 3.8) is 0 Å². The second-order valence-corrected chi connectivity index (χ2v) is 6.61. The molecule has 0 fully saturated rings. The van der Waals surface area contributed by atoms with Crippen LogP contribution in [-0.4, -0.2) is 14.8 Å². The van der Waals surface area contributed by atoms with E-state index in [1.54, 1.807) is 18.2 Å². The zero-order valence-electron chi connectivity index (χ0n) is 10.8. The Morgan fingerprint density at radius 1 is 1.00 bits per heavy atom. The Labute approximate surface area is 133 Å². The number of benzene rings is 2. The summed E-state index contributed by atoms with van der Waals surface area (Å²) in [4.78, 5) is 0.0191. The van der Waals surface area contributed by atoms with Crippen molar-refractivity contribution in [2.75, 3.05) is 4.72 Å². The first-order valence-corrected chi connectivity index (χ1v) is 8.08. The first-order valence-electron chi connectivity index (χ1n) is 5.80. The Kier molecular flexibility index (Phi) is 4.66. The number of hydrogen-bond donors (Lipinski definition) is 1. The highest BCUT2D eigenvalue weighted by molar-refractivity contribution is 9.10. The Morgan fingerprint density at radius 2 is 1.59 bits per heavy atom. The lowest BCUT2D eigenvalue weighted by Gasteiger charge is -2.11. The molecule has 2 aromatic rings. The quantitative estimate of drug-likeness (QED) is 0.845.